The highest BCUT2D eigenvalue weighted by molar-refractivity contribution is 7.89. The molecule has 1 unspecified atom stereocenters. The van der Waals surface area contributed by atoms with Crippen LogP contribution in [0.5, 0.6) is 5.75 Å². The lowest BCUT2D eigenvalue weighted by Gasteiger charge is -2.19. The van der Waals surface area contributed by atoms with Crippen LogP contribution in [-0.2, 0) is 14.8 Å². The van der Waals surface area contributed by atoms with E-state index in [1.165, 1.54) is 0 Å². The normalized spacial score (nSPS) is 17.4. The Balaban J connectivity index is 1.82. The summed E-state index contributed by atoms with van der Waals surface area (Å²) in [7, 11) is -2.15. The molecule has 1 heterocycles. The number of nitrogens with zero attached hydrogens (tertiary/aromatic N) is 1. The van der Waals surface area contributed by atoms with Crippen LogP contribution in [0.15, 0.2) is 41.3 Å². The average molecular weight is 388 g/mol. The molecule has 0 radical (unpaired) electrons. The summed E-state index contributed by atoms with van der Waals surface area (Å²) in [4.78, 5) is 14.3. The van der Waals surface area contributed by atoms with E-state index in [2.05, 4.69) is 4.72 Å². The molecule has 1 atom stereocenters. The fourth-order valence-corrected chi connectivity index (χ4v) is 5.36. The summed E-state index contributed by atoms with van der Waals surface area (Å²) in [6.45, 7) is 5.80. The fraction of sp³-hybridized carbons (Fsp3) is 0.350. The van der Waals surface area contributed by atoms with Crippen molar-refractivity contribution in [3.05, 3.63) is 53.1 Å². The number of hydrogen-bond donors (Lipinski definition) is 1. The summed E-state index contributed by atoms with van der Waals surface area (Å²) in [5.41, 5.74) is 3.12. The predicted molar refractivity (Wildman–Crippen MR) is 105 cm³/mol. The Morgan fingerprint density at radius 2 is 1.78 bits per heavy atom. The van der Waals surface area contributed by atoms with E-state index in [0.717, 1.165) is 5.56 Å². The van der Waals surface area contributed by atoms with Gasteiger partial charge in [0.2, 0.25) is 15.9 Å². The van der Waals surface area contributed by atoms with Gasteiger partial charge in [-0.25, -0.2) is 13.1 Å². The monoisotopic (exact) mass is 388 g/mol. The maximum absolute atomic E-state index is 12.9. The van der Waals surface area contributed by atoms with Gasteiger partial charge in [-0.2, -0.15) is 0 Å². The van der Waals surface area contributed by atoms with E-state index in [1.54, 1.807) is 44.1 Å². The Morgan fingerprint density at radius 3 is 2.41 bits per heavy atom. The minimum atomic E-state index is -3.72. The highest BCUT2D eigenvalue weighted by Gasteiger charge is 2.34. The molecule has 0 bridgehead atoms. The summed E-state index contributed by atoms with van der Waals surface area (Å²) < 4.78 is 33.8. The number of aryl methyl sites for hydroxylation is 3. The number of carbonyl (C=O) groups excluding carboxylic acids is 1. The van der Waals surface area contributed by atoms with Crippen molar-refractivity contribution < 1.29 is 17.9 Å². The van der Waals surface area contributed by atoms with Crippen molar-refractivity contribution in [3.63, 3.8) is 0 Å². The predicted octanol–water partition coefficient (Wildman–Crippen LogP) is 2.70. The van der Waals surface area contributed by atoms with Crippen molar-refractivity contribution >= 4 is 21.6 Å². The molecule has 1 N–H and O–H groups in total. The van der Waals surface area contributed by atoms with E-state index in [0.29, 0.717) is 27.5 Å². The van der Waals surface area contributed by atoms with Crippen molar-refractivity contribution in [2.75, 3.05) is 18.6 Å². The standard InChI is InChI=1S/C20H24N2O4S/c1-13-8-14(2)20(15(3)9-13)27(24,25)21-16-10-19(23)22(12-16)17-6-5-7-18(11-17)26-4/h5-9,11,16,21H,10,12H2,1-4H3. The lowest BCUT2D eigenvalue weighted by atomic mass is 10.1. The number of rotatable bonds is 5. The number of ether oxygens (including phenoxy) is 1. The number of sulfonamides is 1. The van der Waals surface area contributed by atoms with Crippen LogP contribution in [0.4, 0.5) is 5.69 Å². The molecule has 1 aliphatic rings. The van der Waals surface area contributed by atoms with Crippen LogP contribution in [-0.4, -0.2) is 34.0 Å². The first-order valence-corrected chi connectivity index (χ1v) is 10.2. The van der Waals surface area contributed by atoms with E-state index >= 15 is 0 Å². The van der Waals surface area contributed by atoms with Gasteiger partial charge in [-0.3, -0.25) is 4.79 Å². The summed E-state index contributed by atoms with van der Waals surface area (Å²) in [6, 6.07) is 10.4. The summed E-state index contributed by atoms with van der Waals surface area (Å²) >= 11 is 0. The van der Waals surface area contributed by atoms with Gasteiger partial charge in [-0.1, -0.05) is 23.8 Å². The third-order valence-corrected chi connectivity index (χ3v) is 6.51. The van der Waals surface area contributed by atoms with E-state index in [4.69, 9.17) is 4.74 Å². The molecule has 7 heteroatoms. The smallest absolute Gasteiger partial charge is 0.241 e. The molecule has 6 nitrogen and oxygen atoms in total. The largest absolute Gasteiger partial charge is 0.497 e. The number of benzene rings is 2. The van der Waals surface area contributed by atoms with Gasteiger partial charge < -0.3 is 9.64 Å². The van der Waals surface area contributed by atoms with Crippen LogP contribution in [0.25, 0.3) is 0 Å². The van der Waals surface area contributed by atoms with E-state index in [-0.39, 0.29) is 18.9 Å². The highest BCUT2D eigenvalue weighted by Crippen LogP contribution is 2.27. The molecule has 2 aromatic rings. The molecule has 1 fully saturated rings. The van der Waals surface area contributed by atoms with Crippen LogP contribution in [0, 0.1) is 20.8 Å². The number of amides is 1. The molecular weight excluding hydrogens is 364 g/mol. The van der Waals surface area contributed by atoms with Gasteiger partial charge in [0.15, 0.2) is 0 Å². The maximum Gasteiger partial charge on any atom is 0.241 e. The minimum absolute atomic E-state index is 0.117. The number of hydrogen-bond acceptors (Lipinski definition) is 4. The molecule has 0 aliphatic carbocycles. The van der Waals surface area contributed by atoms with E-state index in [9.17, 15) is 13.2 Å². The summed E-state index contributed by atoms with van der Waals surface area (Å²) in [5.74, 6) is 0.531. The zero-order chi connectivity index (χ0) is 19.8. The van der Waals surface area contributed by atoms with Crippen LogP contribution in [0.2, 0.25) is 0 Å². The fourth-order valence-electron chi connectivity index (χ4n) is 3.68. The van der Waals surface area contributed by atoms with Crippen LogP contribution in [0.3, 0.4) is 0 Å². The van der Waals surface area contributed by atoms with Crippen LogP contribution < -0.4 is 14.4 Å². The summed E-state index contributed by atoms with van der Waals surface area (Å²) in [6.07, 6.45) is 0.125. The number of nitrogens with one attached hydrogen (secondary N) is 1. The lowest BCUT2D eigenvalue weighted by molar-refractivity contribution is -0.117. The highest BCUT2D eigenvalue weighted by atomic mass is 32.2. The second-order valence-electron chi connectivity index (χ2n) is 6.96. The molecule has 3 rings (SSSR count). The zero-order valence-corrected chi connectivity index (χ0v) is 16.8. The van der Waals surface area contributed by atoms with Gasteiger partial charge in [0.25, 0.3) is 0 Å². The molecular formula is C20H24N2O4S. The number of carbonyl (C=O) groups is 1. The first kappa shape index (κ1) is 19.4. The molecule has 0 spiro atoms. The van der Waals surface area contributed by atoms with Gasteiger partial charge in [0.1, 0.15) is 5.75 Å². The average Bonchev–Trinajstić information content (AvgIpc) is 2.93. The lowest BCUT2D eigenvalue weighted by Crippen LogP contribution is -2.37. The molecule has 0 aromatic heterocycles. The molecule has 0 saturated carbocycles. The van der Waals surface area contributed by atoms with E-state index < -0.39 is 16.1 Å². The van der Waals surface area contributed by atoms with Crippen molar-refractivity contribution in [2.24, 2.45) is 0 Å². The Kier molecular flexibility index (Phi) is 5.26. The molecule has 27 heavy (non-hydrogen) atoms. The Labute approximate surface area is 160 Å². The molecule has 144 valence electrons. The van der Waals surface area contributed by atoms with Crippen molar-refractivity contribution in [1.29, 1.82) is 0 Å². The molecule has 1 saturated heterocycles. The van der Waals surface area contributed by atoms with Gasteiger partial charge in [0.05, 0.1) is 12.0 Å². The van der Waals surface area contributed by atoms with Crippen molar-refractivity contribution in [3.8, 4) is 5.75 Å². The number of anilines is 1. The Bertz CT molecular complexity index is 962. The Hall–Kier alpha value is -2.38. The third kappa shape index (κ3) is 3.99. The van der Waals surface area contributed by atoms with Gasteiger partial charge in [-0.15, -0.1) is 0 Å². The van der Waals surface area contributed by atoms with Crippen molar-refractivity contribution in [1.82, 2.24) is 4.72 Å². The topological polar surface area (TPSA) is 75.7 Å². The van der Waals surface area contributed by atoms with Gasteiger partial charge in [-0.05, 0) is 44.0 Å². The molecule has 1 amide bonds. The second kappa shape index (κ2) is 7.32. The van der Waals surface area contributed by atoms with Gasteiger partial charge in [0, 0.05) is 30.8 Å². The molecule has 2 aromatic carbocycles. The third-order valence-electron chi connectivity index (χ3n) is 4.69. The second-order valence-corrected chi connectivity index (χ2v) is 8.61. The van der Waals surface area contributed by atoms with E-state index in [1.807, 2.05) is 25.1 Å². The minimum Gasteiger partial charge on any atom is -0.497 e. The zero-order valence-electron chi connectivity index (χ0n) is 15.9. The molecule has 1 aliphatic heterocycles. The first-order chi connectivity index (χ1) is 12.7. The van der Waals surface area contributed by atoms with Crippen LogP contribution in [0.1, 0.15) is 23.1 Å². The first-order valence-electron chi connectivity index (χ1n) is 8.76. The quantitative estimate of drug-likeness (QED) is 0.855. The van der Waals surface area contributed by atoms with Crippen molar-refractivity contribution in [2.45, 2.75) is 38.1 Å². The summed E-state index contributed by atoms with van der Waals surface area (Å²) in [5, 5.41) is 0. The van der Waals surface area contributed by atoms with Gasteiger partial charge >= 0.3 is 0 Å². The Morgan fingerprint density at radius 1 is 1.11 bits per heavy atom. The SMILES string of the molecule is COc1cccc(N2CC(NS(=O)(=O)c3c(C)cc(C)cc3C)CC2=O)c1. The maximum atomic E-state index is 12.9. The number of methoxy groups -OCH3 is 1. The van der Waals surface area contributed by atoms with Crippen LogP contribution >= 0.6 is 0 Å².